The van der Waals surface area contributed by atoms with Crippen LogP contribution in [0.25, 0.3) is 0 Å². The zero-order chi connectivity index (χ0) is 12.0. The van der Waals surface area contributed by atoms with Crippen molar-refractivity contribution in [2.75, 3.05) is 7.11 Å². The highest BCUT2D eigenvalue weighted by Gasteiger charge is 2.04. The fourth-order valence-corrected chi connectivity index (χ4v) is 1.20. The highest BCUT2D eigenvalue weighted by molar-refractivity contribution is 5.72. The van der Waals surface area contributed by atoms with Crippen LogP contribution in [0.3, 0.4) is 0 Å². The number of carbonyl (C=O) groups excluding carboxylic acids is 1. The third-order valence-electron chi connectivity index (χ3n) is 1.91. The van der Waals surface area contributed by atoms with Gasteiger partial charge in [0.1, 0.15) is 0 Å². The van der Waals surface area contributed by atoms with E-state index in [4.69, 9.17) is 10.4 Å². The minimum Gasteiger partial charge on any atom is -0.469 e. The molecule has 16 heavy (non-hydrogen) atoms. The summed E-state index contributed by atoms with van der Waals surface area (Å²) in [5.41, 5.74) is 1.49. The lowest BCUT2D eigenvalue weighted by Gasteiger charge is -2.07. The number of ether oxygens (including phenoxy) is 1. The average molecular weight is 227 g/mol. The molecule has 0 atom stereocenters. The number of methoxy groups -OCH3 is 1. The van der Waals surface area contributed by atoms with E-state index in [0.717, 1.165) is 11.1 Å². The van der Waals surface area contributed by atoms with E-state index >= 15 is 0 Å². The third-order valence-corrected chi connectivity index (χ3v) is 1.91. The van der Waals surface area contributed by atoms with Gasteiger partial charge < -0.3 is 4.74 Å². The Labute approximate surface area is 92.5 Å². The molecule has 0 saturated heterocycles. The van der Waals surface area contributed by atoms with Crippen molar-refractivity contribution in [3.8, 4) is 0 Å². The van der Waals surface area contributed by atoms with Crippen LogP contribution in [0.1, 0.15) is 11.1 Å². The van der Waals surface area contributed by atoms with E-state index in [-0.39, 0.29) is 24.4 Å². The molecule has 0 aliphatic heterocycles. The van der Waals surface area contributed by atoms with E-state index in [1.807, 2.05) is 0 Å². The summed E-state index contributed by atoms with van der Waals surface area (Å²) in [6.45, 7) is 0.00200. The van der Waals surface area contributed by atoms with Crippen molar-refractivity contribution in [1.82, 2.24) is 5.39 Å². The normalized spacial score (nSPS) is 10.5. The lowest BCUT2D eigenvalue weighted by Crippen LogP contribution is -2.14. The molecular formula is C10H13NO5. The molecule has 0 radical (unpaired) electrons. The van der Waals surface area contributed by atoms with Crippen molar-refractivity contribution < 1.29 is 24.8 Å². The van der Waals surface area contributed by atoms with Crippen LogP contribution >= 0.6 is 0 Å². The third kappa shape index (κ3) is 4.37. The van der Waals surface area contributed by atoms with Crippen molar-refractivity contribution in [1.29, 1.82) is 0 Å². The molecule has 0 unspecified atom stereocenters. The lowest BCUT2D eigenvalue weighted by molar-refractivity contribution is -0.497. The van der Waals surface area contributed by atoms with Gasteiger partial charge in [0.15, 0.2) is 0 Å². The van der Waals surface area contributed by atoms with Gasteiger partial charge in [-0.1, -0.05) is 24.3 Å². The monoisotopic (exact) mass is 227 g/mol. The summed E-state index contributed by atoms with van der Waals surface area (Å²) >= 11 is 0. The summed E-state index contributed by atoms with van der Waals surface area (Å²) in [6, 6.07) is 6.98. The lowest BCUT2D eigenvalue weighted by atomic mass is 10.1. The first-order valence-corrected chi connectivity index (χ1v) is 4.57. The van der Waals surface area contributed by atoms with Gasteiger partial charge in [0, 0.05) is 0 Å². The van der Waals surface area contributed by atoms with Crippen LogP contribution in [0.15, 0.2) is 24.3 Å². The zero-order valence-electron chi connectivity index (χ0n) is 8.79. The highest BCUT2D eigenvalue weighted by Crippen LogP contribution is 2.08. The Hall–Kier alpha value is -1.47. The van der Waals surface area contributed by atoms with Crippen LogP contribution in [0.2, 0.25) is 0 Å². The van der Waals surface area contributed by atoms with E-state index < -0.39 is 0 Å². The number of benzene rings is 1. The van der Waals surface area contributed by atoms with Crippen LogP contribution < -0.4 is 0 Å². The number of hydrogen-bond acceptors (Lipinski definition) is 6. The standard InChI is InChI=1S/C10H13NO5/c1-15-10(12)6-8-3-2-4-9(5-8)7-16-11(13)14/h2-5,13-14H,6-7H2,1H3. The van der Waals surface area contributed by atoms with E-state index in [2.05, 4.69) is 9.57 Å². The van der Waals surface area contributed by atoms with E-state index in [9.17, 15) is 4.79 Å². The van der Waals surface area contributed by atoms with Gasteiger partial charge in [-0.2, -0.15) is 0 Å². The molecule has 6 heteroatoms. The van der Waals surface area contributed by atoms with Crippen LogP contribution in [-0.4, -0.2) is 28.9 Å². The fraction of sp³-hybridized carbons (Fsp3) is 0.300. The van der Waals surface area contributed by atoms with Crippen molar-refractivity contribution in [2.45, 2.75) is 13.0 Å². The first-order chi connectivity index (χ1) is 7.61. The summed E-state index contributed by atoms with van der Waals surface area (Å²) < 4.78 is 4.53. The van der Waals surface area contributed by atoms with Gasteiger partial charge >= 0.3 is 5.97 Å². The quantitative estimate of drug-likeness (QED) is 0.575. The van der Waals surface area contributed by atoms with Crippen LogP contribution in [0.5, 0.6) is 0 Å². The second-order valence-corrected chi connectivity index (χ2v) is 3.10. The highest BCUT2D eigenvalue weighted by atomic mass is 17.1. The van der Waals surface area contributed by atoms with E-state index in [0.29, 0.717) is 0 Å². The molecule has 0 spiro atoms. The topological polar surface area (TPSA) is 79.2 Å². The molecule has 88 valence electrons. The smallest absolute Gasteiger partial charge is 0.309 e. The second-order valence-electron chi connectivity index (χ2n) is 3.10. The number of esters is 1. The molecule has 0 saturated carbocycles. The molecule has 0 aliphatic rings. The summed E-state index contributed by atoms with van der Waals surface area (Å²) in [5, 5.41) is 16.4. The Morgan fingerprint density at radius 1 is 1.38 bits per heavy atom. The molecule has 0 heterocycles. The van der Waals surface area contributed by atoms with Crippen LogP contribution in [-0.2, 0) is 27.4 Å². The van der Waals surface area contributed by atoms with Crippen molar-refractivity contribution in [3.63, 3.8) is 0 Å². The predicted molar refractivity (Wildman–Crippen MR) is 52.4 cm³/mol. The van der Waals surface area contributed by atoms with E-state index in [1.165, 1.54) is 7.11 Å². The van der Waals surface area contributed by atoms with Gasteiger partial charge in [-0.15, -0.1) is 0 Å². The summed E-state index contributed by atoms with van der Waals surface area (Å²) in [4.78, 5) is 15.5. The number of carbonyl (C=O) groups is 1. The van der Waals surface area contributed by atoms with Crippen LogP contribution in [0.4, 0.5) is 0 Å². The van der Waals surface area contributed by atoms with Crippen molar-refractivity contribution in [3.05, 3.63) is 35.4 Å². The molecule has 0 amide bonds. The average Bonchev–Trinajstić information content (AvgIpc) is 2.26. The Bertz CT molecular complexity index is 353. The Kier molecular flexibility index (Phi) is 4.87. The Morgan fingerprint density at radius 2 is 2.06 bits per heavy atom. The summed E-state index contributed by atoms with van der Waals surface area (Å²) in [5.74, 6) is -0.330. The van der Waals surface area contributed by atoms with Gasteiger partial charge in [0.2, 0.25) is 0 Å². The molecular weight excluding hydrogens is 214 g/mol. The minimum atomic E-state index is -0.354. The fourth-order valence-electron chi connectivity index (χ4n) is 1.20. The van der Waals surface area contributed by atoms with Gasteiger partial charge in [-0.3, -0.25) is 15.2 Å². The molecule has 1 aromatic rings. The molecule has 6 nitrogen and oxygen atoms in total. The van der Waals surface area contributed by atoms with Gasteiger partial charge in [0.05, 0.1) is 25.5 Å². The molecule has 0 fully saturated rings. The number of rotatable bonds is 5. The number of nitrogens with zero attached hydrogens (tertiary/aromatic N) is 1. The predicted octanol–water partition coefficient (Wildman–Crippen LogP) is 0.914. The van der Waals surface area contributed by atoms with Gasteiger partial charge in [0.25, 0.3) is 0 Å². The SMILES string of the molecule is COC(=O)Cc1cccc(CON(O)O)c1. The van der Waals surface area contributed by atoms with Crippen LogP contribution in [0, 0.1) is 0 Å². The van der Waals surface area contributed by atoms with Gasteiger partial charge in [-0.05, 0) is 11.1 Å². The van der Waals surface area contributed by atoms with Gasteiger partial charge in [-0.25, -0.2) is 4.84 Å². The maximum Gasteiger partial charge on any atom is 0.309 e. The summed E-state index contributed by atoms with van der Waals surface area (Å²) in [7, 11) is 1.32. The molecule has 2 N–H and O–H groups in total. The molecule has 0 aliphatic carbocycles. The largest absolute Gasteiger partial charge is 0.469 e. The minimum absolute atomic E-state index is 0.00200. The summed E-state index contributed by atoms with van der Waals surface area (Å²) in [6.07, 6.45) is 0.173. The van der Waals surface area contributed by atoms with Crippen molar-refractivity contribution >= 4 is 5.97 Å². The second kappa shape index (κ2) is 6.19. The van der Waals surface area contributed by atoms with E-state index in [1.54, 1.807) is 24.3 Å². The van der Waals surface area contributed by atoms with Crippen molar-refractivity contribution in [2.24, 2.45) is 0 Å². The zero-order valence-corrected chi connectivity index (χ0v) is 8.79. The first kappa shape index (κ1) is 12.6. The Balaban J connectivity index is 2.60. The Morgan fingerprint density at radius 3 is 2.69 bits per heavy atom. The molecule has 1 rings (SSSR count). The molecule has 1 aromatic carbocycles. The maximum atomic E-state index is 11.0. The maximum absolute atomic E-state index is 11.0. The molecule has 0 aromatic heterocycles. The number of hydrogen-bond donors (Lipinski definition) is 2. The first-order valence-electron chi connectivity index (χ1n) is 4.57. The molecule has 0 bridgehead atoms.